The zero-order chi connectivity index (χ0) is 24.4. The molecule has 11 heteroatoms. The number of hydrogen-bond acceptors (Lipinski definition) is 4. The molecule has 4 nitrogen and oxygen atoms in total. The number of aliphatic imine (C=N–C) groups is 1. The number of alkyl halides is 6. The molecule has 0 saturated heterocycles. The number of nitrogens with one attached hydrogen (secondary N) is 1. The van der Waals surface area contributed by atoms with Gasteiger partial charge in [-0.25, -0.2) is 4.99 Å². The molecule has 0 bridgehead atoms. The Morgan fingerprint density at radius 2 is 1.70 bits per heavy atom. The van der Waals surface area contributed by atoms with E-state index < -0.39 is 29.2 Å². The molecule has 0 spiro atoms. The topological polar surface area (TPSA) is 36.9 Å². The quantitative estimate of drug-likeness (QED) is 0.267. The van der Waals surface area contributed by atoms with Crippen LogP contribution in [0, 0.1) is 5.92 Å². The van der Waals surface area contributed by atoms with E-state index in [4.69, 9.17) is 17.0 Å². The number of rotatable bonds is 7. The van der Waals surface area contributed by atoms with E-state index in [1.165, 1.54) is 0 Å². The number of anilines is 2. The summed E-state index contributed by atoms with van der Waals surface area (Å²) in [4.78, 5) is 4.57. The summed E-state index contributed by atoms with van der Waals surface area (Å²) in [5.74, 6) is 0.736. The lowest BCUT2D eigenvalue weighted by atomic mass is 10.1. The highest BCUT2D eigenvalue weighted by molar-refractivity contribution is 7.79. The minimum atomic E-state index is -4.96. The van der Waals surface area contributed by atoms with Gasteiger partial charge in [0.1, 0.15) is 6.61 Å². The number of benzene rings is 2. The molecule has 3 rings (SSSR count). The summed E-state index contributed by atoms with van der Waals surface area (Å²) in [5.41, 5.74) is 1.18. The molecule has 0 amide bonds. The maximum atomic E-state index is 13.2. The Bertz CT molecular complexity index is 1000. The molecular formula is C22H21F6N3OS. The van der Waals surface area contributed by atoms with Gasteiger partial charge in [-0.05, 0) is 42.7 Å². The summed E-state index contributed by atoms with van der Waals surface area (Å²) < 4.78 is 84.9. The average molecular weight is 489 g/mol. The molecule has 0 saturated carbocycles. The Labute approximate surface area is 192 Å². The van der Waals surface area contributed by atoms with E-state index in [9.17, 15) is 26.3 Å². The molecule has 2 aromatic rings. The standard InChI is InChI=1S/C22H21F6N3OS/c1-13(2)7-17-11-32-20(29-17)18-5-3-4-6-19(18)31(12-33)30-16-9-14(21(23,24)25)8-15(10-16)22(26,27)28/h3-6,8-10,12-13,17,30H,7,11H2,1-2H3/t17-/m0/s1. The summed E-state index contributed by atoms with van der Waals surface area (Å²) in [7, 11) is 0. The van der Waals surface area contributed by atoms with E-state index in [1.807, 2.05) is 0 Å². The Morgan fingerprint density at radius 3 is 2.24 bits per heavy atom. The van der Waals surface area contributed by atoms with Crippen LogP contribution in [0.25, 0.3) is 0 Å². The summed E-state index contributed by atoms with van der Waals surface area (Å²) >= 11 is 5.00. The van der Waals surface area contributed by atoms with Crippen LogP contribution in [-0.2, 0) is 17.1 Å². The van der Waals surface area contributed by atoms with E-state index >= 15 is 0 Å². The van der Waals surface area contributed by atoms with Gasteiger partial charge in [-0.2, -0.15) is 26.3 Å². The number of halogens is 6. The van der Waals surface area contributed by atoms with Gasteiger partial charge < -0.3 is 4.74 Å². The molecule has 0 aromatic heterocycles. The van der Waals surface area contributed by atoms with Crippen molar-refractivity contribution in [1.29, 1.82) is 0 Å². The van der Waals surface area contributed by atoms with Crippen molar-refractivity contribution >= 4 is 35.0 Å². The highest BCUT2D eigenvalue weighted by Crippen LogP contribution is 2.38. The summed E-state index contributed by atoms with van der Waals surface area (Å²) in [6.07, 6.45) is -9.11. The van der Waals surface area contributed by atoms with E-state index in [1.54, 1.807) is 24.3 Å². The Kier molecular flexibility index (Phi) is 7.20. The van der Waals surface area contributed by atoms with Crippen LogP contribution in [0.1, 0.15) is 37.0 Å². The van der Waals surface area contributed by atoms with Gasteiger partial charge in [0, 0.05) is 0 Å². The molecule has 1 aliphatic heterocycles. The normalized spacial score (nSPS) is 16.4. The fourth-order valence-corrected chi connectivity index (χ4v) is 3.56. The van der Waals surface area contributed by atoms with Crippen molar-refractivity contribution in [3.05, 3.63) is 59.2 Å². The number of hydrogen-bond donors (Lipinski definition) is 1. The van der Waals surface area contributed by atoms with Crippen LogP contribution in [0.2, 0.25) is 0 Å². The highest BCUT2D eigenvalue weighted by atomic mass is 32.1. The fraction of sp³-hybridized carbons (Fsp3) is 0.364. The van der Waals surface area contributed by atoms with Gasteiger partial charge in [0.2, 0.25) is 5.90 Å². The molecule has 33 heavy (non-hydrogen) atoms. The molecule has 1 N–H and O–H groups in total. The monoisotopic (exact) mass is 489 g/mol. The van der Waals surface area contributed by atoms with Crippen LogP contribution in [0.4, 0.5) is 37.7 Å². The summed E-state index contributed by atoms with van der Waals surface area (Å²) in [6, 6.07) is 7.86. The third kappa shape index (κ3) is 6.16. The number of hydrazine groups is 1. The van der Waals surface area contributed by atoms with Crippen molar-refractivity contribution < 1.29 is 31.1 Å². The second-order valence-electron chi connectivity index (χ2n) is 7.93. The fourth-order valence-electron chi connectivity index (χ4n) is 3.39. The Morgan fingerprint density at radius 1 is 1.09 bits per heavy atom. The van der Waals surface area contributed by atoms with Gasteiger partial charge in [0.15, 0.2) is 0 Å². The van der Waals surface area contributed by atoms with E-state index in [-0.39, 0.29) is 12.1 Å². The first-order chi connectivity index (χ1) is 15.4. The Hall–Kier alpha value is -2.82. The molecule has 1 aliphatic rings. The average Bonchev–Trinajstić information content (AvgIpc) is 3.18. The van der Waals surface area contributed by atoms with Crippen molar-refractivity contribution in [2.45, 2.75) is 38.7 Å². The van der Waals surface area contributed by atoms with Gasteiger partial charge in [0.05, 0.1) is 39.6 Å². The first kappa shape index (κ1) is 24.8. The zero-order valence-electron chi connectivity index (χ0n) is 17.7. The molecule has 1 atom stereocenters. The summed E-state index contributed by atoms with van der Waals surface area (Å²) in [6.45, 7) is 4.50. The van der Waals surface area contributed by atoms with Gasteiger partial charge >= 0.3 is 12.4 Å². The third-order valence-corrected chi connectivity index (χ3v) is 5.00. The summed E-state index contributed by atoms with van der Waals surface area (Å²) in [5, 5.41) is 1.15. The minimum absolute atomic E-state index is 0.0419. The maximum absolute atomic E-state index is 13.2. The van der Waals surface area contributed by atoms with Crippen LogP contribution < -0.4 is 10.4 Å². The van der Waals surface area contributed by atoms with E-state index in [2.05, 4.69) is 24.3 Å². The molecule has 0 unspecified atom stereocenters. The molecule has 0 fully saturated rings. The van der Waals surface area contributed by atoms with E-state index in [0.717, 1.165) is 16.9 Å². The smallest absolute Gasteiger partial charge is 0.416 e. The second kappa shape index (κ2) is 9.58. The number of nitrogens with zero attached hydrogens (tertiary/aromatic N) is 2. The third-order valence-electron chi connectivity index (χ3n) is 4.79. The van der Waals surface area contributed by atoms with Crippen LogP contribution in [0.15, 0.2) is 47.5 Å². The molecule has 178 valence electrons. The lowest BCUT2D eigenvalue weighted by Crippen LogP contribution is -2.29. The van der Waals surface area contributed by atoms with Crippen molar-refractivity contribution in [1.82, 2.24) is 0 Å². The predicted molar refractivity (Wildman–Crippen MR) is 118 cm³/mol. The van der Waals surface area contributed by atoms with Gasteiger partial charge in [-0.3, -0.25) is 10.4 Å². The van der Waals surface area contributed by atoms with Crippen molar-refractivity contribution in [2.75, 3.05) is 17.0 Å². The van der Waals surface area contributed by atoms with Crippen molar-refractivity contribution in [3.8, 4) is 0 Å². The first-order valence-electron chi connectivity index (χ1n) is 9.99. The highest BCUT2D eigenvalue weighted by Gasteiger charge is 2.37. The molecule has 0 aliphatic carbocycles. The first-order valence-corrected chi connectivity index (χ1v) is 10.5. The largest absolute Gasteiger partial charge is 0.475 e. The predicted octanol–water partition coefficient (Wildman–Crippen LogP) is 6.71. The maximum Gasteiger partial charge on any atom is 0.416 e. The molecule has 2 aromatic carbocycles. The second-order valence-corrected chi connectivity index (χ2v) is 8.14. The van der Waals surface area contributed by atoms with E-state index in [0.29, 0.717) is 41.8 Å². The number of ether oxygens (including phenoxy) is 1. The lowest BCUT2D eigenvalue weighted by Gasteiger charge is -2.25. The van der Waals surface area contributed by atoms with Gasteiger partial charge in [-0.1, -0.05) is 38.2 Å². The molecule has 0 radical (unpaired) electrons. The lowest BCUT2D eigenvalue weighted by molar-refractivity contribution is -0.143. The zero-order valence-corrected chi connectivity index (χ0v) is 18.5. The van der Waals surface area contributed by atoms with Crippen LogP contribution >= 0.6 is 12.2 Å². The Balaban J connectivity index is 1.97. The van der Waals surface area contributed by atoms with Crippen LogP contribution in [0.3, 0.4) is 0 Å². The number of para-hydroxylation sites is 1. The SMILES string of the molecule is CC(C)C[C@H]1COC(c2ccccc2N(C=S)Nc2cc(C(F)(F)F)cc(C(F)(F)F)c2)=N1. The number of thiocarbonyl (C=S) groups is 1. The van der Waals surface area contributed by atoms with Gasteiger partial charge in [-0.15, -0.1) is 0 Å². The van der Waals surface area contributed by atoms with Gasteiger partial charge in [0.25, 0.3) is 0 Å². The minimum Gasteiger partial charge on any atom is -0.475 e. The van der Waals surface area contributed by atoms with Crippen LogP contribution in [-0.4, -0.2) is 24.0 Å². The molecular weight excluding hydrogens is 468 g/mol. The van der Waals surface area contributed by atoms with Crippen molar-refractivity contribution in [2.24, 2.45) is 10.9 Å². The van der Waals surface area contributed by atoms with Crippen molar-refractivity contribution in [3.63, 3.8) is 0 Å². The molecule has 1 heterocycles. The van der Waals surface area contributed by atoms with Crippen LogP contribution in [0.5, 0.6) is 0 Å².